The number of anilines is 1. The number of carbonyl (C=O) groups excluding carboxylic acids is 1. The Balaban J connectivity index is 1.23. The van der Waals surface area contributed by atoms with Crippen molar-refractivity contribution in [1.29, 1.82) is 0 Å². The zero-order chi connectivity index (χ0) is 23.5. The van der Waals surface area contributed by atoms with E-state index in [2.05, 4.69) is 21.7 Å². The van der Waals surface area contributed by atoms with Crippen LogP contribution in [0, 0.1) is 5.82 Å². The van der Waals surface area contributed by atoms with Crippen molar-refractivity contribution in [2.45, 2.75) is 11.7 Å². The van der Waals surface area contributed by atoms with E-state index >= 15 is 0 Å². The lowest BCUT2D eigenvalue weighted by Gasteiger charge is -2.36. The molecular formula is C25H24FN5O2S. The molecule has 1 aliphatic rings. The van der Waals surface area contributed by atoms with E-state index in [9.17, 15) is 9.18 Å². The van der Waals surface area contributed by atoms with Crippen LogP contribution in [0.15, 0.2) is 76.8 Å². The lowest BCUT2D eigenvalue weighted by molar-refractivity contribution is -0.128. The Hall–Kier alpha value is -3.59. The molecule has 0 aliphatic carbocycles. The van der Waals surface area contributed by atoms with Crippen LogP contribution in [0.3, 0.4) is 0 Å². The van der Waals surface area contributed by atoms with Crippen molar-refractivity contribution in [3.63, 3.8) is 0 Å². The number of aromatic nitrogens is 3. The van der Waals surface area contributed by atoms with Crippen molar-refractivity contribution >= 4 is 34.3 Å². The summed E-state index contributed by atoms with van der Waals surface area (Å²) in [6, 6.07) is 16.2. The van der Waals surface area contributed by atoms with Crippen LogP contribution in [0.25, 0.3) is 22.6 Å². The minimum absolute atomic E-state index is 0.0576. The molecule has 174 valence electrons. The van der Waals surface area contributed by atoms with Crippen LogP contribution >= 0.6 is 11.8 Å². The smallest absolute Gasteiger partial charge is 0.233 e. The lowest BCUT2D eigenvalue weighted by Crippen LogP contribution is -2.49. The Morgan fingerprint density at radius 1 is 1.09 bits per heavy atom. The molecule has 0 saturated carbocycles. The first kappa shape index (κ1) is 22.2. The summed E-state index contributed by atoms with van der Waals surface area (Å²) in [5.74, 6) is 1.32. The maximum Gasteiger partial charge on any atom is 0.233 e. The van der Waals surface area contributed by atoms with Crippen molar-refractivity contribution in [3.8, 4) is 11.6 Å². The van der Waals surface area contributed by atoms with E-state index in [1.807, 2.05) is 39.8 Å². The van der Waals surface area contributed by atoms with Gasteiger partial charge in [-0.1, -0.05) is 36.0 Å². The normalized spacial score (nSPS) is 14.0. The van der Waals surface area contributed by atoms with Crippen molar-refractivity contribution < 1.29 is 13.6 Å². The number of fused-ring (bicyclic) bond motifs is 1. The van der Waals surface area contributed by atoms with Gasteiger partial charge in [-0.2, -0.15) is 0 Å². The van der Waals surface area contributed by atoms with Crippen molar-refractivity contribution in [2.24, 2.45) is 0 Å². The molecule has 2 aromatic carbocycles. The predicted octanol–water partition coefficient (Wildman–Crippen LogP) is 4.46. The fraction of sp³-hybridized carbons (Fsp3) is 0.240. The molecule has 34 heavy (non-hydrogen) atoms. The van der Waals surface area contributed by atoms with Crippen LogP contribution in [0.4, 0.5) is 10.1 Å². The van der Waals surface area contributed by atoms with E-state index in [-0.39, 0.29) is 17.5 Å². The quantitative estimate of drug-likeness (QED) is 0.289. The Morgan fingerprint density at radius 2 is 1.85 bits per heavy atom. The molecule has 0 spiro atoms. The molecule has 0 radical (unpaired) electrons. The average molecular weight is 478 g/mol. The minimum atomic E-state index is -0.248. The molecule has 2 aromatic heterocycles. The molecule has 1 amide bonds. The Kier molecular flexibility index (Phi) is 6.35. The standard InChI is InChI=1S/C25H24FN5O2S/c1-2-11-31-24(22-16-18-5-3-4-6-21(18)33-22)27-28-25(31)34-17-23(32)30-14-12-29(13-15-30)20-9-7-19(26)8-10-20/h2-10,16H,1,11-15,17H2. The molecular weight excluding hydrogens is 453 g/mol. The van der Waals surface area contributed by atoms with Crippen molar-refractivity contribution in [2.75, 3.05) is 36.8 Å². The highest BCUT2D eigenvalue weighted by Gasteiger charge is 2.23. The predicted molar refractivity (Wildman–Crippen MR) is 131 cm³/mol. The second-order valence-electron chi connectivity index (χ2n) is 7.99. The number of allylic oxidation sites excluding steroid dienone is 1. The Labute approximate surface area is 200 Å². The highest BCUT2D eigenvalue weighted by Crippen LogP contribution is 2.29. The number of benzene rings is 2. The summed E-state index contributed by atoms with van der Waals surface area (Å²) >= 11 is 1.36. The number of furan rings is 1. The van der Waals surface area contributed by atoms with Gasteiger partial charge in [0.2, 0.25) is 11.7 Å². The summed E-state index contributed by atoms with van der Waals surface area (Å²) in [6.45, 7) is 7.03. The molecule has 3 heterocycles. The van der Waals surface area contributed by atoms with Crippen LogP contribution in [0.5, 0.6) is 0 Å². The molecule has 0 atom stereocenters. The van der Waals surface area contributed by atoms with Gasteiger partial charge >= 0.3 is 0 Å². The monoisotopic (exact) mass is 477 g/mol. The van der Waals surface area contributed by atoms with Crippen LogP contribution in [-0.4, -0.2) is 57.5 Å². The third-order valence-corrected chi connectivity index (χ3v) is 6.77. The van der Waals surface area contributed by atoms with Crippen LogP contribution < -0.4 is 4.90 Å². The van der Waals surface area contributed by atoms with Gasteiger partial charge in [0, 0.05) is 43.8 Å². The number of nitrogens with zero attached hydrogens (tertiary/aromatic N) is 5. The molecule has 5 rings (SSSR count). The Morgan fingerprint density at radius 3 is 2.59 bits per heavy atom. The topological polar surface area (TPSA) is 67.4 Å². The minimum Gasteiger partial charge on any atom is -0.453 e. The summed E-state index contributed by atoms with van der Waals surface area (Å²) in [5, 5.41) is 10.3. The van der Waals surface area contributed by atoms with Crippen molar-refractivity contribution in [3.05, 3.63) is 73.1 Å². The Bertz CT molecular complexity index is 1280. The molecule has 7 nitrogen and oxygen atoms in total. The maximum absolute atomic E-state index is 13.2. The van der Waals surface area contributed by atoms with Crippen LogP contribution in [-0.2, 0) is 11.3 Å². The van der Waals surface area contributed by atoms with Gasteiger partial charge in [0.15, 0.2) is 10.9 Å². The van der Waals surface area contributed by atoms with Gasteiger partial charge < -0.3 is 14.2 Å². The van der Waals surface area contributed by atoms with Gasteiger partial charge in [-0.05, 0) is 36.4 Å². The van der Waals surface area contributed by atoms with E-state index in [1.54, 1.807) is 18.2 Å². The van der Waals surface area contributed by atoms with Gasteiger partial charge in [-0.25, -0.2) is 4.39 Å². The van der Waals surface area contributed by atoms with E-state index in [4.69, 9.17) is 4.42 Å². The molecule has 9 heteroatoms. The summed E-state index contributed by atoms with van der Waals surface area (Å²) in [5.41, 5.74) is 1.76. The fourth-order valence-corrected chi connectivity index (χ4v) is 4.90. The van der Waals surface area contributed by atoms with Gasteiger partial charge in [0.05, 0.1) is 5.75 Å². The number of para-hydroxylation sites is 1. The van der Waals surface area contributed by atoms with Gasteiger partial charge in [-0.3, -0.25) is 9.36 Å². The first-order valence-corrected chi connectivity index (χ1v) is 12.0. The number of amides is 1. The van der Waals surface area contributed by atoms with E-state index < -0.39 is 0 Å². The molecule has 0 bridgehead atoms. The summed E-state index contributed by atoms with van der Waals surface area (Å²) in [4.78, 5) is 16.9. The first-order chi connectivity index (χ1) is 16.6. The number of halogens is 1. The SMILES string of the molecule is C=CCn1c(SCC(=O)N2CCN(c3ccc(F)cc3)CC2)nnc1-c1cc2ccccc2o1. The summed E-state index contributed by atoms with van der Waals surface area (Å²) in [6.07, 6.45) is 1.77. The number of hydrogen-bond acceptors (Lipinski definition) is 6. The highest BCUT2D eigenvalue weighted by molar-refractivity contribution is 7.99. The lowest BCUT2D eigenvalue weighted by atomic mass is 10.2. The molecule has 1 saturated heterocycles. The summed E-state index contributed by atoms with van der Waals surface area (Å²) < 4.78 is 21.0. The second kappa shape index (κ2) is 9.72. The maximum atomic E-state index is 13.2. The van der Waals surface area contributed by atoms with Gasteiger partial charge in [-0.15, -0.1) is 16.8 Å². The number of piperazine rings is 1. The number of carbonyl (C=O) groups is 1. The average Bonchev–Trinajstić information content (AvgIpc) is 3.47. The third-order valence-electron chi connectivity index (χ3n) is 5.82. The third kappa shape index (κ3) is 4.56. The summed E-state index contributed by atoms with van der Waals surface area (Å²) in [7, 11) is 0. The van der Waals surface area contributed by atoms with Crippen LogP contribution in [0.2, 0.25) is 0 Å². The van der Waals surface area contributed by atoms with Crippen molar-refractivity contribution in [1.82, 2.24) is 19.7 Å². The zero-order valence-corrected chi connectivity index (χ0v) is 19.4. The fourth-order valence-electron chi connectivity index (χ4n) is 4.05. The van der Waals surface area contributed by atoms with Crippen LogP contribution in [0.1, 0.15) is 0 Å². The van der Waals surface area contributed by atoms with E-state index in [0.717, 1.165) is 16.7 Å². The van der Waals surface area contributed by atoms with Gasteiger partial charge in [0.1, 0.15) is 11.4 Å². The molecule has 1 aliphatic heterocycles. The molecule has 0 unspecified atom stereocenters. The number of hydrogen-bond donors (Lipinski definition) is 0. The molecule has 0 N–H and O–H groups in total. The highest BCUT2D eigenvalue weighted by atomic mass is 32.2. The second-order valence-corrected chi connectivity index (χ2v) is 8.93. The molecule has 1 fully saturated rings. The first-order valence-electron chi connectivity index (χ1n) is 11.1. The van der Waals surface area contributed by atoms with Gasteiger partial charge in [0.25, 0.3) is 0 Å². The number of rotatable bonds is 7. The number of thioether (sulfide) groups is 1. The largest absolute Gasteiger partial charge is 0.453 e. The zero-order valence-electron chi connectivity index (χ0n) is 18.6. The molecule has 4 aromatic rings. The van der Waals surface area contributed by atoms with E-state index in [1.165, 1.54) is 23.9 Å². The van der Waals surface area contributed by atoms with E-state index in [0.29, 0.717) is 49.5 Å².